The summed E-state index contributed by atoms with van der Waals surface area (Å²) in [5.74, 6) is -0.367. The number of esters is 2. The number of hydrogen-bond donors (Lipinski definition) is 0. The second-order valence-corrected chi connectivity index (χ2v) is 8.52. The molecule has 2 aromatic carbocycles. The molecule has 9 heteroatoms. The van der Waals surface area contributed by atoms with Crippen LogP contribution in [0.5, 0.6) is 11.5 Å². The van der Waals surface area contributed by atoms with Gasteiger partial charge in [0, 0.05) is 21.2 Å². The van der Waals surface area contributed by atoms with E-state index in [1.807, 2.05) is 0 Å². The predicted molar refractivity (Wildman–Crippen MR) is 138 cm³/mol. The normalized spacial score (nSPS) is 10.6. The van der Waals surface area contributed by atoms with Crippen molar-refractivity contribution in [3.05, 3.63) is 74.5 Å². The van der Waals surface area contributed by atoms with E-state index in [-0.39, 0.29) is 30.9 Å². The Balaban J connectivity index is 2.14. The molecule has 0 saturated heterocycles. The number of pyridine rings is 1. The van der Waals surface area contributed by atoms with Crippen molar-refractivity contribution in [2.45, 2.75) is 34.3 Å². The number of ether oxygens (including phenoxy) is 4. The van der Waals surface area contributed by atoms with E-state index >= 15 is 0 Å². The fraction of sp³-hybridized carbons (Fsp3) is 0.296. The number of carbonyl (C=O) groups is 2. The fourth-order valence-corrected chi connectivity index (χ4v) is 4.31. The Labute approximate surface area is 220 Å². The number of hydrogen-bond acceptors (Lipinski definition) is 7. The third-order valence-corrected chi connectivity index (χ3v) is 6.11. The van der Waals surface area contributed by atoms with E-state index in [1.165, 1.54) is 7.11 Å². The average molecular weight is 532 g/mol. The Hall–Kier alpha value is -3.29. The number of benzene rings is 2. The smallest absolute Gasteiger partial charge is 0.340 e. The van der Waals surface area contributed by atoms with Crippen LogP contribution in [0, 0.1) is 13.8 Å². The zero-order valence-electron chi connectivity index (χ0n) is 20.7. The summed E-state index contributed by atoms with van der Waals surface area (Å²) < 4.78 is 22.1. The maximum atomic E-state index is 13.0. The van der Waals surface area contributed by atoms with Crippen LogP contribution >= 0.6 is 23.2 Å². The molecule has 3 rings (SSSR count). The minimum Gasteiger partial charge on any atom is -0.493 e. The molecule has 0 N–H and O–H groups in total. The van der Waals surface area contributed by atoms with Crippen LogP contribution < -0.4 is 9.47 Å². The fourth-order valence-electron chi connectivity index (χ4n) is 3.81. The number of halogens is 2. The van der Waals surface area contributed by atoms with Crippen molar-refractivity contribution < 1.29 is 28.5 Å². The van der Waals surface area contributed by atoms with E-state index in [9.17, 15) is 9.59 Å². The Bertz CT molecular complexity index is 1230. The Morgan fingerprint density at radius 1 is 0.861 bits per heavy atom. The standard InChI is InChI=1S/C27H27Cl2NO6/c1-6-34-26(31)23-15(3)30-16(4)24(27(32)35-7-2)25(23)17-11-12-21(22(13-17)33-5)36-14-18-19(28)9-8-10-20(18)29/h8-13H,6-7,14H2,1-5H3. The van der Waals surface area contributed by atoms with Crippen molar-refractivity contribution >= 4 is 35.1 Å². The lowest BCUT2D eigenvalue weighted by molar-refractivity contribution is 0.0525. The van der Waals surface area contributed by atoms with E-state index in [4.69, 9.17) is 42.1 Å². The van der Waals surface area contributed by atoms with Crippen molar-refractivity contribution in [3.8, 4) is 22.6 Å². The highest BCUT2D eigenvalue weighted by Gasteiger charge is 2.28. The molecular weight excluding hydrogens is 505 g/mol. The molecule has 0 atom stereocenters. The van der Waals surface area contributed by atoms with Gasteiger partial charge in [-0.2, -0.15) is 0 Å². The third kappa shape index (κ3) is 5.74. The van der Waals surface area contributed by atoms with Gasteiger partial charge in [-0.15, -0.1) is 0 Å². The lowest BCUT2D eigenvalue weighted by atomic mass is 9.92. The molecule has 0 aliphatic rings. The first-order valence-electron chi connectivity index (χ1n) is 11.3. The molecule has 36 heavy (non-hydrogen) atoms. The molecule has 0 radical (unpaired) electrons. The zero-order chi connectivity index (χ0) is 26.4. The largest absolute Gasteiger partial charge is 0.493 e. The highest BCUT2D eigenvalue weighted by molar-refractivity contribution is 6.35. The van der Waals surface area contributed by atoms with Crippen LogP contribution in [0.25, 0.3) is 11.1 Å². The lowest BCUT2D eigenvalue weighted by Crippen LogP contribution is -2.17. The van der Waals surface area contributed by atoms with Crippen LogP contribution in [0.15, 0.2) is 36.4 Å². The zero-order valence-corrected chi connectivity index (χ0v) is 22.2. The van der Waals surface area contributed by atoms with Crippen LogP contribution in [0.3, 0.4) is 0 Å². The third-order valence-electron chi connectivity index (χ3n) is 5.40. The van der Waals surface area contributed by atoms with Crippen molar-refractivity contribution in [2.24, 2.45) is 0 Å². The van der Waals surface area contributed by atoms with Gasteiger partial charge < -0.3 is 18.9 Å². The molecule has 3 aromatic rings. The van der Waals surface area contributed by atoms with Gasteiger partial charge in [-0.1, -0.05) is 35.3 Å². The molecular formula is C27H27Cl2NO6. The Morgan fingerprint density at radius 2 is 1.42 bits per heavy atom. The van der Waals surface area contributed by atoms with Gasteiger partial charge in [0.25, 0.3) is 0 Å². The van der Waals surface area contributed by atoms with Crippen LogP contribution in [0.2, 0.25) is 10.0 Å². The number of nitrogens with zero attached hydrogens (tertiary/aromatic N) is 1. The van der Waals surface area contributed by atoms with Gasteiger partial charge in [0.2, 0.25) is 0 Å². The Morgan fingerprint density at radius 3 is 1.92 bits per heavy atom. The van der Waals surface area contributed by atoms with Gasteiger partial charge in [-0.05, 0) is 57.5 Å². The summed E-state index contributed by atoms with van der Waals surface area (Å²) in [6.45, 7) is 7.26. The van der Waals surface area contributed by atoms with Crippen LogP contribution in [-0.4, -0.2) is 37.2 Å². The molecule has 0 amide bonds. The highest BCUT2D eigenvalue weighted by atomic mass is 35.5. The highest BCUT2D eigenvalue weighted by Crippen LogP contribution is 2.38. The molecule has 0 fully saturated rings. The van der Waals surface area contributed by atoms with E-state index in [1.54, 1.807) is 64.1 Å². The van der Waals surface area contributed by atoms with Crippen molar-refractivity contribution in [1.82, 2.24) is 4.98 Å². The molecule has 0 saturated carbocycles. The van der Waals surface area contributed by atoms with Gasteiger partial charge >= 0.3 is 11.9 Å². The Kier molecular flexibility index (Phi) is 9.18. The van der Waals surface area contributed by atoms with E-state index in [0.29, 0.717) is 49.6 Å². The molecule has 1 aromatic heterocycles. The van der Waals surface area contributed by atoms with Crippen LogP contribution in [0.1, 0.15) is 51.5 Å². The number of rotatable bonds is 9. The number of carbonyl (C=O) groups excluding carboxylic acids is 2. The van der Waals surface area contributed by atoms with Gasteiger partial charge in [0.1, 0.15) is 6.61 Å². The van der Waals surface area contributed by atoms with Crippen molar-refractivity contribution in [1.29, 1.82) is 0 Å². The SMILES string of the molecule is CCOC(=O)c1c(C)nc(C)c(C(=O)OCC)c1-c1ccc(OCc2c(Cl)cccc2Cl)c(OC)c1. The minimum atomic E-state index is -0.587. The van der Waals surface area contributed by atoms with Gasteiger partial charge in [0.05, 0.1) is 42.8 Å². The monoisotopic (exact) mass is 531 g/mol. The second kappa shape index (κ2) is 12.1. The summed E-state index contributed by atoms with van der Waals surface area (Å²) in [5, 5.41) is 0.970. The molecule has 0 aliphatic carbocycles. The van der Waals surface area contributed by atoms with Gasteiger partial charge in [0.15, 0.2) is 11.5 Å². The van der Waals surface area contributed by atoms with E-state index in [0.717, 1.165) is 0 Å². The predicted octanol–water partition coefficient (Wildman–Crippen LogP) is 6.61. The van der Waals surface area contributed by atoms with Crippen LogP contribution in [-0.2, 0) is 16.1 Å². The molecule has 0 aliphatic heterocycles. The molecule has 190 valence electrons. The lowest BCUT2D eigenvalue weighted by Gasteiger charge is -2.19. The van der Waals surface area contributed by atoms with Gasteiger partial charge in [-0.3, -0.25) is 4.98 Å². The molecule has 1 heterocycles. The maximum Gasteiger partial charge on any atom is 0.340 e. The molecule has 7 nitrogen and oxygen atoms in total. The summed E-state index contributed by atoms with van der Waals surface area (Å²) >= 11 is 12.5. The average Bonchev–Trinajstić information content (AvgIpc) is 2.83. The topological polar surface area (TPSA) is 84.0 Å². The van der Waals surface area contributed by atoms with Crippen LogP contribution in [0.4, 0.5) is 0 Å². The summed E-state index contributed by atoms with van der Waals surface area (Å²) in [6, 6.07) is 10.3. The molecule has 0 unspecified atom stereocenters. The van der Waals surface area contributed by atoms with Crippen molar-refractivity contribution in [2.75, 3.05) is 20.3 Å². The molecule has 0 spiro atoms. The number of aromatic nitrogens is 1. The summed E-state index contributed by atoms with van der Waals surface area (Å²) in [7, 11) is 1.50. The first-order chi connectivity index (χ1) is 17.2. The van der Waals surface area contributed by atoms with Gasteiger partial charge in [-0.25, -0.2) is 9.59 Å². The van der Waals surface area contributed by atoms with Crippen molar-refractivity contribution in [3.63, 3.8) is 0 Å². The quantitative estimate of drug-likeness (QED) is 0.287. The molecule has 0 bridgehead atoms. The summed E-state index contributed by atoms with van der Waals surface area (Å²) in [4.78, 5) is 30.3. The summed E-state index contributed by atoms with van der Waals surface area (Å²) in [6.07, 6.45) is 0. The van der Waals surface area contributed by atoms with E-state index in [2.05, 4.69) is 4.98 Å². The minimum absolute atomic E-state index is 0.115. The maximum absolute atomic E-state index is 13.0. The first-order valence-corrected chi connectivity index (χ1v) is 12.1. The number of aryl methyl sites for hydroxylation is 2. The summed E-state index contributed by atoms with van der Waals surface area (Å²) in [5.41, 5.74) is 2.77. The van der Waals surface area contributed by atoms with E-state index < -0.39 is 11.9 Å². The first kappa shape index (κ1) is 27.3. The number of methoxy groups -OCH3 is 1. The second-order valence-electron chi connectivity index (χ2n) is 7.70.